The highest BCUT2D eigenvalue weighted by atomic mass is 79.9. The number of ether oxygens (including phenoxy) is 1. The molecule has 6 heteroatoms. The third-order valence-electron chi connectivity index (χ3n) is 1.55. The standard InChI is InChI=1S/C7H7BBrClO3/c1-13-7-3-6(10)4(8(11)12)2-5(7)9/h2-3,11-12H,1H3. The zero-order chi connectivity index (χ0) is 10.0. The third kappa shape index (κ3) is 2.37. The Labute approximate surface area is 89.6 Å². The van der Waals surface area contributed by atoms with Crippen LogP contribution in [0.1, 0.15) is 0 Å². The van der Waals surface area contributed by atoms with E-state index in [9.17, 15) is 0 Å². The van der Waals surface area contributed by atoms with Crippen LogP contribution in [0.25, 0.3) is 0 Å². The van der Waals surface area contributed by atoms with Crippen molar-refractivity contribution in [2.24, 2.45) is 0 Å². The third-order valence-corrected chi connectivity index (χ3v) is 2.50. The van der Waals surface area contributed by atoms with Gasteiger partial charge in [-0.15, -0.1) is 0 Å². The van der Waals surface area contributed by atoms with Gasteiger partial charge in [-0.1, -0.05) is 11.6 Å². The second-order valence-corrected chi connectivity index (χ2v) is 3.64. The van der Waals surface area contributed by atoms with Gasteiger partial charge in [0.05, 0.1) is 11.6 Å². The molecule has 1 rings (SSSR count). The smallest absolute Gasteiger partial charge is 0.490 e. The molecule has 0 amide bonds. The molecule has 0 atom stereocenters. The van der Waals surface area contributed by atoms with E-state index in [2.05, 4.69) is 15.9 Å². The highest BCUT2D eigenvalue weighted by Crippen LogP contribution is 2.26. The van der Waals surface area contributed by atoms with E-state index in [0.29, 0.717) is 10.2 Å². The lowest BCUT2D eigenvalue weighted by Gasteiger charge is -2.07. The lowest BCUT2D eigenvalue weighted by molar-refractivity contribution is 0.411. The van der Waals surface area contributed by atoms with E-state index in [1.807, 2.05) is 0 Å². The molecular formula is C7H7BBrClO3. The van der Waals surface area contributed by atoms with Crippen molar-refractivity contribution in [1.29, 1.82) is 0 Å². The molecule has 0 aromatic heterocycles. The fourth-order valence-electron chi connectivity index (χ4n) is 0.898. The van der Waals surface area contributed by atoms with E-state index in [1.54, 1.807) is 0 Å². The van der Waals surface area contributed by atoms with Gasteiger partial charge in [-0.25, -0.2) is 0 Å². The summed E-state index contributed by atoms with van der Waals surface area (Å²) in [7, 11) is -0.0689. The maximum atomic E-state index is 8.90. The van der Waals surface area contributed by atoms with Crippen LogP contribution in [0.2, 0.25) is 5.02 Å². The molecule has 0 radical (unpaired) electrons. The average Bonchev–Trinajstić information content (AvgIpc) is 2.07. The first-order valence-corrected chi connectivity index (χ1v) is 4.62. The van der Waals surface area contributed by atoms with Crippen LogP contribution in [0.15, 0.2) is 16.6 Å². The summed E-state index contributed by atoms with van der Waals surface area (Å²) in [5.74, 6) is 0.550. The van der Waals surface area contributed by atoms with Gasteiger partial charge < -0.3 is 14.8 Å². The Morgan fingerprint density at radius 3 is 2.54 bits per heavy atom. The van der Waals surface area contributed by atoms with Crippen LogP contribution in [0.5, 0.6) is 5.75 Å². The SMILES string of the molecule is COc1cc(Cl)c(B(O)O)cc1Br. The fraction of sp³-hybridized carbons (Fsp3) is 0.143. The number of hydrogen-bond donors (Lipinski definition) is 2. The summed E-state index contributed by atoms with van der Waals surface area (Å²) in [5, 5.41) is 18.1. The minimum absolute atomic E-state index is 0.245. The normalized spacial score (nSPS) is 9.92. The Balaban J connectivity index is 3.20. The van der Waals surface area contributed by atoms with Gasteiger partial charge in [0.25, 0.3) is 0 Å². The molecule has 0 aliphatic carbocycles. The minimum atomic E-state index is -1.57. The summed E-state index contributed by atoms with van der Waals surface area (Å²) < 4.78 is 5.59. The molecular weight excluding hydrogens is 258 g/mol. The van der Waals surface area contributed by atoms with Gasteiger partial charge >= 0.3 is 7.12 Å². The predicted octanol–water partition coefficient (Wildman–Crippen LogP) is 0.791. The van der Waals surface area contributed by atoms with Gasteiger partial charge in [0.1, 0.15) is 5.75 Å². The van der Waals surface area contributed by atoms with Crippen LogP contribution in [-0.2, 0) is 0 Å². The van der Waals surface area contributed by atoms with Crippen LogP contribution < -0.4 is 10.2 Å². The molecule has 1 aromatic rings. The zero-order valence-electron chi connectivity index (χ0n) is 6.79. The molecule has 70 valence electrons. The van der Waals surface area contributed by atoms with Crippen molar-refractivity contribution in [3.05, 3.63) is 21.6 Å². The Hall–Kier alpha value is -0.225. The van der Waals surface area contributed by atoms with Gasteiger partial charge in [0.15, 0.2) is 0 Å². The maximum absolute atomic E-state index is 8.90. The van der Waals surface area contributed by atoms with Crippen LogP contribution >= 0.6 is 27.5 Å². The zero-order valence-corrected chi connectivity index (χ0v) is 9.13. The van der Waals surface area contributed by atoms with Crippen molar-refractivity contribution in [3.8, 4) is 5.75 Å². The van der Waals surface area contributed by atoms with Crippen molar-refractivity contribution in [3.63, 3.8) is 0 Å². The highest BCUT2D eigenvalue weighted by Gasteiger charge is 2.17. The summed E-state index contributed by atoms with van der Waals surface area (Å²) >= 11 is 8.96. The molecule has 0 aliphatic rings. The number of halogens is 2. The van der Waals surface area contributed by atoms with Crippen LogP contribution in [0, 0.1) is 0 Å². The molecule has 0 bridgehead atoms. The maximum Gasteiger partial charge on any atom is 0.490 e. The minimum Gasteiger partial charge on any atom is -0.496 e. The molecule has 2 N–H and O–H groups in total. The average molecular weight is 265 g/mol. The van der Waals surface area contributed by atoms with Crippen molar-refractivity contribution in [2.45, 2.75) is 0 Å². The molecule has 0 saturated heterocycles. The first-order valence-electron chi connectivity index (χ1n) is 3.45. The number of hydrogen-bond acceptors (Lipinski definition) is 3. The summed E-state index contributed by atoms with van der Waals surface area (Å²) in [6.45, 7) is 0. The first kappa shape index (κ1) is 10.9. The molecule has 3 nitrogen and oxygen atoms in total. The second-order valence-electron chi connectivity index (χ2n) is 2.38. The van der Waals surface area contributed by atoms with E-state index in [0.717, 1.165) is 0 Å². The van der Waals surface area contributed by atoms with E-state index >= 15 is 0 Å². The fourth-order valence-corrected chi connectivity index (χ4v) is 1.67. The quantitative estimate of drug-likeness (QED) is 0.777. The topological polar surface area (TPSA) is 49.7 Å². The number of methoxy groups -OCH3 is 1. The van der Waals surface area contributed by atoms with Gasteiger partial charge in [0.2, 0.25) is 0 Å². The van der Waals surface area contributed by atoms with Gasteiger partial charge in [-0.3, -0.25) is 0 Å². The van der Waals surface area contributed by atoms with E-state index < -0.39 is 7.12 Å². The molecule has 0 aliphatic heterocycles. The van der Waals surface area contributed by atoms with Gasteiger partial charge in [-0.05, 0) is 28.1 Å². The molecule has 0 saturated carbocycles. The van der Waals surface area contributed by atoms with Crippen molar-refractivity contribution in [1.82, 2.24) is 0 Å². The van der Waals surface area contributed by atoms with Crippen LogP contribution in [-0.4, -0.2) is 24.3 Å². The second kappa shape index (κ2) is 4.33. The summed E-state index contributed by atoms with van der Waals surface area (Å²) in [6.07, 6.45) is 0. The number of benzene rings is 1. The van der Waals surface area contributed by atoms with E-state index in [4.69, 9.17) is 26.4 Å². The molecule has 0 heterocycles. The molecule has 0 spiro atoms. The summed E-state index contributed by atoms with van der Waals surface area (Å²) in [4.78, 5) is 0. The summed E-state index contributed by atoms with van der Waals surface area (Å²) in [5.41, 5.74) is 0.245. The van der Waals surface area contributed by atoms with Crippen LogP contribution in [0.3, 0.4) is 0 Å². The van der Waals surface area contributed by atoms with Crippen LogP contribution in [0.4, 0.5) is 0 Å². The van der Waals surface area contributed by atoms with Crippen molar-refractivity contribution in [2.75, 3.05) is 7.11 Å². The molecule has 13 heavy (non-hydrogen) atoms. The predicted molar refractivity (Wildman–Crippen MR) is 55.5 cm³/mol. The van der Waals surface area contributed by atoms with Gasteiger partial charge in [0, 0.05) is 10.5 Å². The lowest BCUT2D eigenvalue weighted by atomic mass is 9.80. The molecule has 1 aromatic carbocycles. The van der Waals surface area contributed by atoms with E-state index in [1.165, 1.54) is 19.2 Å². The van der Waals surface area contributed by atoms with Gasteiger partial charge in [-0.2, -0.15) is 0 Å². The molecule has 0 unspecified atom stereocenters. The largest absolute Gasteiger partial charge is 0.496 e. The van der Waals surface area contributed by atoms with Crippen molar-refractivity contribution >= 4 is 40.1 Å². The Kier molecular flexibility index (Phi) is 3.61. The summed E-state index contributed by atoms with van der Waals surface area (Å²) in [6, 6.07) is 3.02. The monoisotopic (exact) mass is 264 g/mol. The van der Waals surface area contributed by atoms with Crippen molar-refractivity contribution < 1.29 is 14.8 Å². The highest BCUT2D eigenvalue weighted by molar-refractivity contribution is 9.10. The first-order chi connectivity index (χ1) is 6.06. The van der Waals surface area contributed by atoms with E-state index in [-0.39, 0.29) is 10.5 Å². The molecule has 0 fully saturated rings. The lowest BCUT2D eigenvalue weighted by Crippen LogP contribution is -2.30. The Bertz CT molecular complexity index is 319. The number of rotatable bonds is 2. The Morgan fingerprint density at radius 2 is 2.08 bits per heavy atom. The Morgan fingerprint density at radius 1 is 1.46 bits per heavy atom.